The lowest BCUT2D eigenvalue weighted by molar-refractivity contribution is 0.00843. The normalized spacial score (nSPS) is 14.9. The van der Waals surface area contributed by atoms with Gasteiger partial charge in [-0.15, -0.1) is 0 Å². The van der Waals surface area contributed by atoms with Gasteiger partial charge in [-0.3, -0.25) is 0 Å². The van der Waals surface area contributed by atoms with Crippen LogP contribution in [0.25, 0.3) is 11.0 Å². The molecule has 1 aromatic carbocycles. The van der Waals surface area contributed by atoms with Crippen molar-refractivity contribution in [1.29, 1.82) is 0 Å². The fourth-order valence-electron chi connectivity index (χ4n) is 3.85. The molecule has 2 heterocycles. The van der Waals surface area contributed by atoms with Crippen LogP contribution in [0, 0.1) is 0 Å². The van der Waals surface area contributed by atoms with Crippen LogP contribution in [-0.4, -0.2) is 37.2 Å². The summed E-state index contributed by atoms with van der Waals surface area (Å²) in [6.45, 7) is 11.0. The molecule has 1 saturated heterocycles. The predicted octanol–water partition coefficient (Wildman–Crippen LogP) is 4.50. The summed E-state index contributed by atoms with van der Waals surface area (Å²) in [5.74, 6) is 0. The van der Waals surface area contributed by atoms with Crippen molar-refractivity contribution in [3.05, 3.63) is 40.2 Å². The Morgan fingerprint density at radius 3 is 2.46 bits per heavy atom. The van der Waals surface area contributed by atoms with Gasteiger partial charge in [0.05, 0.1) is 0 Å². The minimum absolute atomic E-state index is 0.328. The number of fused-ring (bicyclic) bond motifs is 1. The lowest BCUT2D eigenvalue weighted by atomic mass is 9.94. The van der Waals surface area contributed by atoms with Crippen LogP contribution in [0.2, 0.25) is 0 Å². The molecule has 28 heavy (non-hydrogen) atoms. The molecular formula is C22H30N2O4. The number of amides is 1. The van der Waals surface area contributed by atoms with Gasteiger partial charge >= 0.3 is 11.7 Å². The van der Waals surface area contributed by atoms with Gasteiger partial charge in [-0.25, -0.2) is 9.59 Å². The smallest absolute Gasteiger partial charge is 0.410 e. The number of hydrogen-bond donors (Lipinski definition) is 0. The summed E-state index contributed by atoms with van der Waals surface area (Å²) >= 11 is 0. The quantitative estimate of drug-likeness (QED) is 0.708. The molecule has 0 N–H and O–H groups in total. The minimum Gasteiger partial charge on any atom is -0.438 e. The van der Waals surface area contributed by atoms with Crippen LogP contribution in [0.4, 0.5) is 10.5 Å². The lowest BCUT2D eigenvalue weighted by Crippen LogP contribution is -2.40. The fourth-order valence-corrected chi connectivity index (χ4v) is 3.85. The molecular weight excluding hydrogens is 356 g/mol. The molecule has 1 aliphatic heterocycles. The Hall–Kier alpha value is -2.50. The summed E-state index contributed by atoms with van der Waals surface area (Å²) in [6.07, 6.45) is 2.82. The Morgan fingerprint density at radius 2 is 1.82 bits per heavy atom. The lowest BCUT2D eigenvalue weighted by Gasteiger charge is -2.32. The predicted molar refractivity (Wildman–Crippen MR) is 111 cm³/mol. The molecule has 152 valence electrons. The second-order valence-electron chi connectivity index (χ2n) is 7.76. The Labute approximate surface area is 166 Å². The van der Waals surface area contributed by atoms with Crippen LogP contribution >= 0.6 is 0 Å². The zero-order chi connectivity index (χ0) is 20.3. The van der Waals surface area contributed by atoms with Crippen LogP contribution in [0.3, 0.4) is 0 Å². The molecule has 1 amide bonds. The number of rotatable bonds is 5. The molecule has 0 atom stereocenters. The highest BCUT2D eigenvalue weighted by atomic mass is 16.6. The molecule has 2 aromatic rings. The molecule has 3 rings (SSSR count). The SMILES string of the molecule is CCN(CC)c1ccc2c(C(C)(C)OC(=O)N3CCCCC3)cc(=O)oc2c1. The molecule has 0 spiro atoms. The number of carbonyl (C=O) groups is 1. The van der Waals surface area contributed by atoms with Gasteiger partial charge in [-0.1, -0.05) is 0 Å². The molecule has 0 saturated carbocycles. The molecule has 6 nitrogen and oxygen atoms in total. The molecule has 6 heteroatoms. The highest BCUT2D eigenvalue weighted by Crippen LogP contribution is 2.33. The molecule has 0 aliphatic carbocycles. The standard InChI is InChI=1S/C22H30N2O4/c1-5-23(6-2)16-10-11-17-18(15-20(25)27-19(17)14-16)22(3,4)28-21(26)24-12-8-7-9-13-24/h10-11,14-15H,5-9,12-13H2,1-4H3. The summed E-state index contributed by atoms with van der Waals surface area (Å²) in [4.78, 5) is 28.8. The van der Waals surface area contributed by atoms with Gasteiger partial charge in [0.25, 0.3) is 0 Å². The summed E-state index contributed by atoms with van der Waals surface area (Å²) < 4.78 is 11.3. The maximum Gasteiger partial charge on any atom is 0.410 e. The van der Waals surface area contributed by atoms with Crippen molar-refractivity contribution in [2.45, 2.75) is 52.6 Å². The first-order valence-corrected chi connectivity index (χ1v) is 10.2. The van der Waals surface area contributed by atoms with E-state index in [0.717, 1.165) is 56.5 Å². The number of hydrogen-bond acceptors (Lipinski definition) is 5. The maximum absolute atomic E-state index is 12.6. The second kappa shape index (κ2) is 8.25. The van der Waals surface area contributed by atoms with Gasteiger partial charge in [0.1, 0.15) is 11.2 Å². The minimum atomic E-state index is -0.945. The van der Waals surface area contributed by atoms with E-state index < -0.39 is 11.2 Å². The Kier molecular flexibility index (Phi) is 5.96. The third-order valence-corrected chi connectivity index (χ3v) is 5.46. The van der Waals surface area contributed by atoms with Crippen LogP contribution < -0.4 is 10.5 Å². The first kappa shape index (κ1) is 20.2. The average Bonchev–Trinajstić information content (AvgIpc) is 2.68. The van der Waals surface area contributed by atoms with Crippen molar-refractivity contribution in [2.24, 2.45) is 0 Å². The third-order valence-electron chi connectivity index (χ3n) is 5.46. The molecule has 1 aliphatic rings. The number of benzene rings is 1. The Bertz CT molecular complexity index is 893. The molecule has 1 fully saturated rings. The topological polar surface area (TPSA) is 63.0 Å². The van der Waals surface area contributed by atoms with E-state index in [9.17, 15) is 9.59 Å². The van der Waals surface area contributed by atoms with E-state index >= 15 is 0 Å². The Balaban J connectivity index is 1.96. The largest absolute Gasteiger partial charge is 0.438 e. The van der Waals surface area contributed by atoms with E-state index in [1.165, 1.54) is 6.07 Å². The molecule has 1 aromatic heterocycles. The Morgan fingerprint density at radius 1 is 1.14 bits per heavy atom. The van der Waals surface area contributed by atoms with Gasteiger partial charge in [-0.2, -0.15) is 0 Å². The van der Waals surface area contributed by atoms with E-state index in [4.69, 9.17) is 9.15 Å². The first-order valence-electron chi connectivity index (χ1n) is 10.2. The zero-order valence-electron chi connectivity index (χ0n) is 17.3. The second-order valence-corrected chi connectivity index (χ2v) is 7.76. The van der Waals surface area contributed by atoms with E-state index in [2.05, 4.69) is 18.7 Å². The highest BCUT2D eigenvalue weighted by Gasteiger charge is 2.31. The number of carbonyl (C=O) groups excluding carboxylic acids is 1. The van der Waals surface area contributed by atoms with E-state index in [0.29, 0.717) is 11.1 Å². The summed E-state index contributed by atoms with van der Waals surface area (Å²) in [7, 11) is 0. The van der Waals surface area contributed by atoms with Crippen LogP contribution in [-0.2, 0) is 10.3 Å². The van der Waals surface area contributed by atoms with Crippen LogP contribution in [0.1, 0.15) is 52.5 Å². The van der Waals surface area contributed by atoms with Crippen LogP contribution in [0.5, 0.6) is 0 Å². The van der Waals surface area contributed by atoms with Crippen molar-refractivity contribution >= 4 is 22.7 Å². The summed E-state index contributed by atoms with van der Waals surface area (Å²) in [6, 6.07) is 7.28. The third kappa shape index (κ3) is 4.16. The maximum atomic E-state index is 12.6. The number of nitrogens with zero attached hydrogens (tertiary/aromatic N) is 2. The van der Waals surface area contributed by atoms with Crippen LogP contribution in [0.15, 0.2) is 33.5 Å². The fraction of sp³-hybridized carbons (Fsp3) is 0.545. The first-order chi connectivity index (χ1) is 13.4. The van der Waals surface area contributed by atoms with Crippen molar-refractivity contribution in [3.8, 4) is 0 Å². The van der Waals surface area contributed by atoms with Crippen molar-refractivity contribution < 1.29 is 13.9 Å². The van der Waals surface area contributed by atoms with Crippen molar-refractivity contribution in [2.75, 3.05) is 31.1 Å². The van der Waals surface area contributed by atoms with Gasteiger partial charge < -0.3 is 19.0 Å². The number of likely N-dealkylation sites (tertiary alicyclic amines) is 1. The van der Waals surface area contributed by atoms with E-state index in [-0.39, 0.29) is 6.09 Å². The molecule has 0 radical (unpaired) electrons. The summed E-state index contributed by atoms with van der Waals surface area (Å²) in [5, 5.41) is 0.784. The zero-order valence-corrected chi connectivity index (χ0v) is 17.3. The van der Waals surface area contributed by atoms with Gasteiger partial charge in [-0.05, 0) is 59.1 Å². The monoisotopic (exact) mass is 386 g/mol. The number of anilines is 1. The van der Waals surface area contributed by atoms with Gasteiger partial charge in [0, 0.05) is 54.9 Å². The average molecular weight is 386 g/mol. The molecule has 0 bridgehead atoms. The van der Waals surface area contributed by atoms with Crippen molar-refractivity contribution in [3.63, 3.8) is 0 Å². The number of ether oxygens (including phenoxy) is 1. The molecule has 0 unspecified atom stereocenters. The van der Waals surface area contributed by atoms with Crippen molar-refractivity contribution in [1.82, 2.24) is 4.90 Å². The van der Waals surface area contributed by atoms with Gasteiger partial charge in [0.2, 0.25) is 0 Å². The van der Waals surface area contributed by atoms with E-state index in [1.807, 2.05) is 32.0 Å². The van der Waals surface area contributed by atoms with E-state index in [1.54, 1.807) is 4.90 Å². The highest BCUT2D eigenvalue weighted by molar-refractivity contribution is 5.84. The van der Waals surface area contributed by atoms with Gasteiger partial charge in [0.15, 0.2) is 0 Å². The number of piperidine rings is 1. The summed E-state index contributed by atoms with van der Waals surface area (Å²) in [5.41, 5.74) is 0.783.